The van der Waals surface area contributed by atoms with Gasteiger partial charge in [-0.15, -0.1) is 0 Å². The van der Waals surface area contributed by atoms with Gasteiger partial charge < -0.3 is 14.6 Å². The molecule has 0 aliphatic carbocycles. The molecule has 2 unspecified atom stereocenters. The van der Waals surface area contributed by atoms with Gasteiger partial charge in [0.1, 0.15) is 11.9 Å². The number of halogens is 3. The first-order chi connectivity index (χ1) is 20.5. The molecule has 224 valence electrons. The van der Waals surface area contributed by atoms with Crippen molar-refractivity contribution >= 4 is 12.6 Å². The maximum absolute atomic E-state index is 13.8. The van der Waals surface area contributed by atoms with Crippen LogP contribution >= 0.6 is 0 Å². The molecule has 0 spiro atoms. The Kier molecular flexibility index (Phi) is 9.38. The zero-order valence-electron chi connectivity index (χ0n) is 24.1. The highest BCUT2D eigenvalue weighted by Gasteiger charge is 2.40. The third kappa shape index (κ3) is 6.80. The van der Waals surface area contributed by atoms with Gasteiger partial charge in [-0.1, -0.05) is 35.9 Å². The normalized spacial score (nSPS) is 16.3. The second-order valence-electron chi connectivity index (χ2n) is 10.2. The van der Waals surface area contributed by atoms with Gasteiger partial charge in [-0.2, -0.15) is 13.2 Å². The molecule has 0 saturated carbocycles. The number of alkyl halides is 3. The topological polar surface area (TPSA) is 89.0 Å². The van der Waals surface area contributed by atoms with E-state index in [-0.39, 0.29) is 13.0 Å². The molecule has 2 heterocycles. The van der Waals surface area contributed by atoms with Gasteiger partial charge in [0.2, 0.25) is 0 Å². The second-order valence-corrected chi connectivity index (χ2v) is 10.2. The molecule has 0 bridgehead atoms. The summed E-state index contributed by atoms with van der Waals surface area (Å²) in [5.41, 5.74) is 5.64. The van der Waals surface area contributed by atoms with Gasteiger partial charge in [0, 0.05) is 18.0 Å². The lowest BCUT2D eigenvalue weighted by atomic mass is 9.91. The van der Waals surface area contributed by atoms with Crippen LogP contribution in [-0.2, 0) is 22.3 Å². The number of hydrogen-bond donors (Lipinski definition) is 1. The monoisotopic (exact) mass is 592 g/mol. The molecule has 1 saturated heterocycles. The summed E-state index contributed by atoms with van der Waals surface area (Å²) in [6.45, 7) is 5.55. The number of pyridine rings is 1. The number of carbonyl (C=O) groups excluding carboxylic acids is 1. The molecule has 7 nitrogen and oxygen atoms in total. The zero-order valence-corrected chi connectivity index (χ0v) is 24.1. The van der Waals surface area contributed by atoms with Gasteiger partial charge in [0.25, 0.3) is 6.47 Å². The van der Waals surface area contributed by atoms with E-state index in [1.807, 2.05) is 51.1 Å². The molecule has 10 heteroatoms. The van der Waals surface area contributed by atoms with Crippen LogP contribution in [0, 0.1) is 13.8 Å². The molecule has 5 rings (SSSR count). The van der Waals surface area contributed by atoms with Crippen LogP contribution in [0.3, 0.4) is 0 Å². The lowest BCUT2D eigenvalue weighted by molar-refractivity contribution is -0.137. The number of cyclic esters (lactones) is 1. The van der Waals surface area contributed by atoms with Crippen LogP contribution in [0.1, 0.15) is 40.8 Å². The number of benzene rings is 3. The standard InChI is InChI=1S/C32H29F3N2O3.CH2O2/c1-19-5-8-26(20(2)15-19)23-6-10-29(39-4)28(17-23)27-9-7-25(32(33,34)35)16-24(27)18-37-21(3)30(40-31(37)38)22-11-13-36-14-12-22;2-1-3/h5-17,21,30H,18H2,1-4H3;1H,(H,2,3). The Morgan fingerprint density at radius 3 is 2.28 bits per heavy atom. The molecule has 4 aromatic rings. The predicted molar refractivity (Wildman–Crippen MR) is 155 cm³/mol. The van der Waals surface area contributed by atoms with Gasteiger partial charge in [0.15, 0.2) is 0 Å². The number of rotatable bonds is 6. The number of aryl methyl sites for hydroxylation is 2. The van der Waals surface area contributed by atoms with Crippen LogP contribution in [0.2, 0.25) is 0 Å². The molecule has 2 atom stereocenters. The van der Waals surface area contributed by atoms with Crippen molar-refractivity contribution < 1.29 is 37.3 Å². The Hall–Kier alpha value is -4.86. The van der Waals surface area contributed by atoms with Crippen LogP contribution in [-0.4, -0.2) is 40.7 Å². The fourth-order valence-corrected chi connectivity index (χ4v) is 5.28. The van der Waals surface area contributed by atoms with Crippen LogP contribution in [0.15, 0.2) is 79.1 Å². The van der Waals surface area contributed by atoms with Crippen molar-refractivity contribution in [2.45, 2.75) is 45.6 Å². The summed E-state index contributed by atoms with van der Waals surface area (Å²) in [5, 5.41) is 6.89. The summed E-state index contributed by atoms with van der Waals surface area (Å²) < 4.78 is 52.8. The van der Waals surface area contributed by atoms with Crippen LogP contribution < -0.4 is 4.74 Å². The Morgan fingerprint density at radius 1 is 0.977 bits per heavy atom. The van der Waals surface area contributed by atoms with Gasteiger partial charge in [-0.3, -0.25) is 14.7 Å². The summed E-state index contributed by atoms with van der Waals surface area (Å²) in [6.07, 6.45) is -2.48. The number of hydrogen-bond acceptors (Lipinski definition) is 5. The van der Waals surface area contributed by atoms with Gasteiger partial charge >= 0.3 is 12.3 Å². The largest absolute Gasteiger partial charge is 0.496 e. The van der Waals surface area contributed by atoms with E-state index >= 15 is 0 Å². The molecular weight excluding hydrogens is 561 g/mol. The fraction of sp³-hybridized carbons (Fsp3) is 0.242. The van der Waals surface area contributed by atoms with Gasteiger partial charge in [-0.25, -0.2) is 4.79 Å². The Balaban J connectivity index is 0.00000135. The summed E-state index contributed by atoms with van der Waals surface area (Å²) >= 11 is 0. The molecule has 1 aliphatic rings. The summed E-state index contributed by atoms with van der Waals surface area (Å²) in [5.74, 6) is 0.515. The maximum Gasteiger partial charge on any atom is 0.416 e. The molecule has 1 amide bonds. The van der Waals surface area contributed by atoms with Gasteiger partial charge in [-0.05, 0) is 90.6 Å². The smallest absolute Gasteiger partial charge is 0.416 e. The Bertz CT molecular complexity index is 1610. The van der Waals surface area contributed by atoms with Crippen molar-refractivity contribution in [2.24, 2.45) is 0 Å². The number of carbonyl (C=O) groups is 2. The maximum atomic E-state index is 13.8. The Labute approximate surface area is 247 Å². The van der Waals surface area contributed by atoms with E-state index in [4.69, 9.17) is 19.4 Å². The first-order valence-electron chi connectivity index (χ1n) is 13.4. The molecule has 1 aromatic heterocycles. The number of aromatic nitrogens is 1. The fourth-order valence-electron chi connectivity index (χ4n) is 5.28. The molecule has 1 fully saturated rings. The molecular formula is C33H31F3N2O5. The van der Waals surface area contributed by atoms with Crippen LogP contribution in [0.25, 0.3) is 22.3 Å². The van der Waals surface area contributed by atoms with E-state index in [0.717, 1.165) is 39.9 Å². The highest BCUT2D eigenvalue weighted by molar-refractivity contribution is 5.81. The zero-order chi connectivity index (χ0) is 31.3. The van der Waals surface area contributed by atoms with Crippen molar-refractivity contribution in [2.75, 3.05) is 7.11 Å². The van der Waals surface area contributed by atoms with E-state index < -0.39 is 30.0 Å². The molecule has 0 radical (unpaired) electrons. The second kappa shape index (κ2) is 13.0. The number of ether oxygens (including phenoxy) is 2. The van der Waals surface area contributed by atoms with E-state index in [0.29, 0.717) is 22.4 Å². The van der Waals surface area contributed by atoms with Crippen molar-refractivity contribution in [3.63, 3.8) is 0 Å². The lowest BCUT2D eigenvalue weighted by Gasteiger charge is -2.24. The van der Waals surface area contributed by atoms with E-state index in [1.165, 1.54) is 18.1 Å². The quantitative estimate of drug-likeness (QED) is 0.230. The highest BCUT2D eigenvalue weighted by atomic mass is 19.4. The average molecular weight is 593 g/mol. The molecule has 1 N–H and O–H groups in total. The molecule has 3 aromatic carbocycles. The third-order valence-corrected chi connectivity index (χ3v) is 7.38. The number of carboxylic acid groups (broad SMARTS) is 1. The van der Waals surface area contributed by atoms with E-state index in [2.05, 4.69) is 11.1 Å². The minimum Gasteiger partial charge on any atom is -0.496 e. The lowest BCUT2D eigenvalue weighted by Crippen LogP contribution is -2.31. The van der Waals surface area contributed by atoms with Gasteiger partial charge in [0.05, 0.1) is 25.3 Å². The first-order valence-corrected chi connectivity index (χ1v) is 13.4. The van der Waals surface area contributed by atoms with Crippen molar-refractivity contribution in [1.29, 1.82) is 0 Å². The summed E-state index contributed by atoms with van der Waals surface area (Å²) in [6, 6.07) is 18.5. The van der Waals surface area contributed by atoms with Crippen LogP contribution in [0.4, 0.5) is 18.0 Å². The Morgan fingerprint density at radius 2 is 1.65 bits per heavy atom. The summed E-state index contributed by atoms with van der Waals surface area (Å²) in [4.78, 5) is 26.8. The van der Waals surface area contributed by atoms with E-state index in [1.54, 1.807) is 24.5 Å². The SMILES string of the molecule is COc1ccc(-c2ccc(C)cc2C)cc1-c1ccc(C(F)(F)F)cc1CN1C(=O)OC(c2ccncc2)C1C.O=CO. The molecule has 43 heavy (non-hydrogen) atoms. The highest BCUT2D eigenvalue weighted by Crippen LogP contribution is 2.41. The number of amides is 1. The number of nitrogens with zero attached hydrogens (tertiary/aromatic N) is 2. The minimum absolute atomic E-state index is 0.0716. The third-order valence-electron chi connectivity index (χ3n) is 7.38. The van der Waals surface area contributed by atoms with Crippen molar-refractivity contribution in [3.05, 3.63) is 107 Å². The van der Waals surface area contributed by atoms with Crippen molar-refractivity contribution in [1.82, 2.24) is 9.88 Å². The summed E-state index contributed by atoms with van der Waals surface area (Å²) in [7, 11) is 1.53. The van der Waals surface area contributed by atoms with Crippen molar-refractivity contribution in [3.8, 4) is 28.0 Å². The first kappa shape index (κ1) is 31.1. The average Bonchev–Trinajstić information content (AvgIpc) is 3.26. The van der Waals surface area contributed by atoms with Crippen LogP contribution in [0.5, 0.6) is 5.75 Å². The predicted octanol–water partition coefficient (Wildman–Crippen LogP) is 7.84. The molecule has 1 aliphatic heterocycles. The number of methoxy groups -OCH3 is 1. The van der Waals surface area contributed by atoms with E-state index in [9.17, 15) is 18.0 Å². The minimum atomic E-state index is -4.55.